The van der Waals surface area contributed by atoms with Crippen molar-refractivity contribution >= 4 is 11.4 Å². The molecular weight excluding hydrogens is 387 g/mol. The summed E-state index contributed by atoms with van der Waals surface area (Å²) in [5, 5.41) is 10.6. The Bertz CT molecular complexity index is 1180. The van der Waals surface area contributed by atoms with Crippen LogP contribution in [0.2, 0.25) is 0 Å². The van der Waals surface area contributed by atoms with Gasteiger partial charge in [0.15, 0.2) is 0 Å². The van der Waals surface area contributed by atoms with E-state index in [1.807, 2.05) is 0 Å². The molecule has 0 atom stereocenters. The Morgan fingerprint density at radius 3 is 2.41 bits per heavy atom. The van der Waals surface area contributed by atoms with Gasteiger partial charge in [-0.15, -0.1) is 0 Å². The highest BCUT2D eigenvalue weighted by atomic mass is 19.4. The van der Waals surface area contributed by atoms with E-state index in [4.69, 9.17) is 0 Å². The minimum Gasteiger partial charge on any atom is -0.493 e. The standard InChI is InChI=1S/C20H16F3N3O3/c1-2-15(24-13-8-6-7-12(11-13)20(21,22)23)16-17(27)25-19(29)26(18(16)28)14-9-4-3-5-10-14/h3-11,28H,2H2,1H3,(H,25,27,29). The van der Waals surface area contributed by atoms with Gasteiger partial charge < -0.3 is 5.11 Å². The number of H-pyrrole nitrogens is 1. The third-order valence-electron chi connectivity index (χ3n) is 4.16. The summed E-state index contributed by atoms with van der Waals surface area (Å²) in [4.78, 5) is 30.8. The number of halogens is 3. The first-order chi connectivity index (χ1) is 13.7. The molecule has 2 aromatic carbocycles. The molecule has 3 rings (SSSR count). The number of nitrogens with one attached hydrogen (secondary N) is 1. The van der Waals surface area contributed by atoms with Crippen LogP contribution in [0.3, 0.4) is 0 Å². The zero-order chi connectivity index (χ0) is 21.2. The Hall–Kier alpha value is -3.62. The zero-order valence-corrected chi connectivity index (χ0v) is 15.2. The van der Waals surface area contributed by atoms with Gasteiger partial charge in [0.25, 0.3) is 5.56 Å². The van der Waals surface area contributed by atoms with Crippen molar-refractivity contribution in [2.75, 3.05) is 0 Å². The lowest BCUT2D eigenvalue weighted by molar-refractivity contribution is -0.137. The molecule has 0 radical (unpaired) electrons. The van der Waals surface area contributed by atoms with Crippen molar-refractivity contribution in [3.63, 3.8) is 0 Å². The van der Waals surface area contributed by atoms with Crippen molar-refractivity contribution in [1.82, 2.24) is 9.55 Å². The number of aromatic amines is 1. The number of para-hydroxylation sites is 1. The molecular formula is C20H16F3N3O3. The van der Waals surface area contributed by atoms with E-state index in [-0.39, 0.29) is 23.4 Å². The lowest BCUT2D eigenvalue weighted by Crippen LogP contribution is -2.33. The Kier molecular flexibility index (Phi) is 5.40. The fourth-order valence-corrected chi connectivity index (χ4v) is 2.82. The number of alkyl halides is 3. The molecule has 0 spiro atoms. The molecule has 0 fully saturated rings. The second-order valence-corrected chi connectivity index (χ2v) is 6.09. The Morgan fingerprint density at radius 1 is 1.10 bits per heavy atom. The van der Waals surface area contributed by atoms with Gasteiger partial charge in [0, 0.05) is 0 Å². The van der Waals surface area contributed by atoms with E-state index in [0.29, 0.717) is 5.69 Å². The Morgan fingerprint density at radius 2 is 1.79 bits per heavy atom. The summed E-state index contributed by atoms with van der Waals surface area (Å²) < 4.78 is 39.7. The van der Waals surface area contributed by atoms with Gasteiger partial charge in [-0.1, -0.05) is 31.2 Å². The number of aromatic nitrogens is 2. The number of aliphatic imine (C=N–C) groups is 1. The minimum absolute atomic E-state index is 0.0343. The third-order valence-corrected chi connectivity index (χ3v) is 4.16. The number of rotatable bonds is 4. The van der Waals surface area contributed by atoms with Crippen molar-refractivity contribution in [3.05, 3.63) is 86.6 Å². The van der Waals surface area contributed by atoms with Gasteiger partial charge in [0.05, 0.1) is 22.6 Å². The third kappa shape index (κ3) is 4.13. The second-order valence-electron chi connectivity index (χ2n) is 6.09. The predicted octanol–water partition coefficient (Wildman–Crippen LogP) is 3.78. The van der Waals surface area contributed by atoms with Crippen molar-refractivity contribution in [2.24, 2.45) is 4.99 Å². The normalized spacial score (nSPS) is 12.2. The lowest BCUT2D eigenvalue weighted by Gasteiger charge is -2.12. The fraction of sp³-hybridized carbons (Fsp3) is 0.150. The topological polar surface area (TPSA) is 87.4 Å². The number of hydrogen-bond donors (Lipinski definition) is 2. The molecule has 0 aliphatic rings. The van der Waals surface area contributed by atoms with E-state index in [1.54, 1.807) is 37.3 Å². The maximum Gasteiger partial charge on any atom is 0.416 e. The summed E-state index contributed by atoms with van der Waals surface area (Å²) in [5.74, 6) is -0.641. The summed E-state index contributed by atoms with van der Waals surface area (Å²) in [7, 11) is 0. The van der Waals surface area contributed by atoms with E-state index < -0.39 is 28.9 Å². The zero-order valence-electron chi connectivity index (χ0n) is 15.2. The van der Waals surface area contributed by atoms with Crippen LogP contribution in [0.4, 0.5) is 18.9 Å². The summed E-state index contributed by atoms with van der Waals surface area (Å²) >= 11 is 0. The molecule has 29 heavy (non-hydrogen) atoms. The largest absolute Gasteiger partial charge is 0.493 e. The Labute approximate surface area is 162 Å². The maximum atomic E-state index is 12.9. The molecule has 0 bridgehead atoms. The minimum atomic E-state index is -4.54. The van der Waals surface area contributed by atoms with Crippen LogP contribution in [0.5, 0.6) is 5.88 Å². The van der Waals surface area contributed by atoms with Crippen LogP contribution in [0.1, 0.15) is 24.5 Å². The van der Waals surface area contributed by atoms with Crippen molar-refractivity contribution < 1.29 is 18.3 Å². The molecule has 0 aliphatic heterocycles. The molecule has 1 heterocycles. The van der Waals surface area contributed by atoms with Crippen molar-refractivity contribution in [3.8, 4) is 11.6 Å². The summed E-state index contributed by atoms with van der Waals surface area (Å²) in [5.41, 5.74) is -2.60. The first-order valence-electron chi connectivity index (χ1n) is 8.61. The molecule has 3 aromatic rings. The molecule has 0 saturated carbocycles. The summed E-state index contributed by atoms with van der Waals surface area (Å²) in [6.45, 7) is 1.63. The van der Waals surface area contributed by atoms with E-state index in [2.05, 4.69) is 9.98 Å². The van der Waals surface area contributed by atoms with Crippen LogP contribution in [0.25, 0.3) is 5.69 Å². The van der Waals surface area contributed by atoms with Gasteiger partial charge in [-0.05, 0) is 36.8 Å². The van der Waals surface area contributed by atoms with E-state index >= 15 is 0 Å². The van der Waals surface area contributed by atoms with Gasteiger partial charge in [0.1, 0.15) is 5.56 Å². The quantitative estimate of drug-likeness (QED) is 0.650. The van der Waals surface area contributed by atoms with Crippen molar-refractivity contribution in [1.29, 1.82) is 0 Å². The first kappa shape index (κ1) is 20.1. The molecule has 0 amide bonds. The lowest BCUT2D eigenvalue weighted by atomic mass is 10.1. The molecule has 6 nitrogen and oxygen atoms in total. The van der Waals surface area contributed by atoms with Crippen LogP contribution < -0.4 is 11.2 Å². The van der Waals surface area contributed by atoms with Crippen LogP contribution in [-0.2, 0) is 6.18 Å². The first-order valence-corrected chi connectivity index (χ1v) is 8.61. The average molecular weight is 403 g/mol. The molecule has 0 aliphatic carbocycles. The van der Waals surface area contributed by atoms with E-state index in [0.717, 1.165) is 16.7 Å². The number of aromatic hydroxyl groups is 1. The molecule has 150 valence electrons. The molecule has 2 N–H and O–H groups in total. The molecule has 1 aromatic heterocycles. The van der Waals surface area contributed by atoms with Crippen LogP contribution in [0.15, 0.2) is 69.2 Å². The van der Waals surface area contributed by atoms with Gasteiger partial charge in [0.2, 0.25) is 5.88 Å². The monoisotopic (exact) mass is 403 g/mol. The summed E-state index contributed by atoms with van der Waals surface area (Å²) in [6, 6.07) is 12.4. The van der Waals surface area contributed by atoms with Crippen LogP contribution >= 0.6 is 0 Å². The van der Waals surface area contributed by atoms with E-state index in [9.17, 15) is 27.9 Å². The predicted molar refractivity (Wildman–Crippen MR) is 102 cm³/mol. The molecule has 9 heteroatoms. The highest BCUT2D eigenvalue weighted by molar-refractivity contribution is 6.03. The average Bonchev–Trinajstić information content (AvgIpc) is 2.67. The number of benzene rings is 2. The van der Waals surface area contributed by atoms with Gasteiger partial charge in [-0.2, -0.15) is 13.2 Å². The molecule has 0 saturated heterocycles. The van der Waals surface area contributed by atoms with Gasteiger partial charge >= 0.3 is 11.9 Å². The van der Waals surface area contributed by atoms with E-state index in [1.165, 1.54) is 12.1 Å². The fourth-order valence-electron chi connectivity index (χ4n) is 2.82. The van der Waals surface area contributed by atoms with Gasteiger partial charge in [-0.3, -0.25) is 14.8 Å². The van der Waals surface area contributed by atoms with Gasteiger partial charge in [-0.25, -0.2) is 9.36 Å². The van der Waals surface area contributed by atoms with Crippen LogP contribution in [0, 0.1) is 0 Å². The highest BCUT2D eigenvalue weighted by Gasteiger charge is 2.30. The smallest absolute Gasteiger partial charge is 0.416 e. The highest BCUT2D eigenvalue weighted by Crippen LogP contribution is 2.32. The number of hydrogen-bond acceptors (Lipinski definition) is 4. The SMILES string of the molecule is CCC(=Nc1cccc(C(F)(F)F)c1)c1c(O)n(-c2ccccc2)c(=O)[nH]c1=O. The number of nitrogens with zero attached hydrogens (tertiary/aromatic N) is 2. The van der Waals surface area contributed by atoms with Crippen molar-refractivity contribution in [2.45, 2.75) is 19.5 Å². The maximum absolute atomic E-state index is 12.9. The second kappa shape index (κ2) is 7.78. The Balaban J connectivity index is 2.20. The molecule has 0 unspecified atom stereocenters. The van der Waals surface area contributed by atoms with Crippen LogP contribution in [-0.4, -0.2) is 20.4 Å². The summed E-state index contributed by atoms with van der Waals surface area (Å²) in [6.07, 6.45) is -4.42.